The number of carbonyl (C=O) groups excluding carboxylic acids is 1. The summed E-state index contributed by atoms with van der Waals surface area (Å²) in [6.45, 7) is 5.88. The van der Waals surface area contributed by atoms with E-state index in [1.54, 1.807) is 0 Å². The van der Waals surface area contributed by atoms with Crippen molar-refractivity contribution in [2.75, 3.05) is 6.61 Å². The van der Waals surface area contributed by atoms with Gasteiger partial charge in [-0.3, -0.25) is 4.79 Å². The van der Waals surface area contributed by atoms with Crippen molar-refractivity contribution in [3.05, 3.63) is 6.92 Å². The van der Waals surface area contributed by atoms with Gasteiger partial charge in [0.2, 0.25) is 0 Å². The Kier molecular flexibility index (Phi) is 22.2. The van der Waals surface area contributed by atoms with Crippen LogP contribution < -0.4 is 0 Å². The van der Waals surface area contributed by atoms with Gasteiger partial charge in [0.15, 0.2) is 0 Å². The summed E-state index contributed by atoms with van der Waals surface area (Å²) >= 11 is 4.25. The maximum atomic E-state index is 10.5. The van der Waals surface area contributed by atoms with E-state index >= 15 is 0 Å². The zero-order valence-corrected chi connectivity index (χ0v) is 15.7. The average molecular weight is 359 g/mol. The molecular formula is C13H25BrO2Zn. The van der Waals surface area contributed by atoms with Crippen molar-refractivity contribution >= 4 is 19.6 Å². The van der Waals surface area contributed by atoms with Crippen molar-refractivity contribution in [1.29, 1.82) is 0 Å². The van der Waals surface area contributed by atoms with Gasteiger partial charge in [0.05, 0.1) is 6.61 Å². The van der Waals surface area contributed by atoms with Crippen molar-refractivity contribution in [2.45, 2.75) is 64.7 Å². The summed E-state index contributed by atoms with van der Waals surface area (Å²) in [5.74, 6) is -0.164. The van der Waals surface area contributed by atoms with Crippen LogP contribution in [0, 0.1) is 6.92 Å². The molecule has 4 heteroatoms. The third-order valence-corrected chi connectivity index (χ3v) is 2.45. The van der Waals surface area contributed by atoms with Gasteiger partial charge in [-0.25, -0.2) is 0 Å². The number of ether oxygens (including phenoxy) is 1. The maximum absolute atomic E-state index is 10.5. The first-order valence-electron chi connectivity index (χ1n) is 6.46. The molecule has 0 fully saturated rings. The van der Waals surface area contributed by atoms with Crippen LogP contribution >= 0.6 is 13.6 Å². The molecular weight excluding hydrogens is 333 g/mol. The fourth-order valence-corrected chi connectivity index (χ4v) is 1.56. The molecule has 0 rings (SSSR count). The van der Waals surface area contributed by atoms with E-state index in [9.17, 15) is 4.79 Å². The first-order valence-corrected chi connectivity index (χ1v) is 13.4. The molecule has 0 aromatic carbocycles. The Hall–Kier alpha value is 0.573. The molecule has 0 aliphatic rings. The van der Waals surface area contributed by atoms with Crippen LogP contribution in [0.15, 0.2) is 0 Å². The van der Waals surface area contributed by atoms with Crippen LogP contribution in [0.4, 0.5) is 0 Å². The molecule has 0 unspecified atom stereocenters. The Morgan fingerprint density at radius 2 is 1.41 bits per heavy atom. The summed E-state index contributed by atoms with van der Waals surface area (Å²) in [4.78, 5) is 10.5. The van der Waals surface area contributed by atoms with Crippen molar-refractivity contribution in [3.63, 3.8) is 0 Å². The summed E-state index contributed by atoms with van der Waals surface area (Å²) < 4.78 is 4.86. The molecule has 0 N–H and O–H groups in total. The fraction of sp³-hybridized carbons (Fsp3) is 0.846. The van der Waals surface area contributed by atoms with Gasteiger partial charge in [0.25, 0.3) is 0 Å². The van der Waals surface area contributed by atoms with Crippen molar-refractivity contribution in [1.82, 2.24) is 0 Å². The van der Waals surface area contributed by atoms with Crippen LogP contribution in [-0.2, 0) is 25.9 Å². The standard InChI is InChI=1S/C13H25O2.BrH.Zn/c1-3-4-5-6-7-8-9-10-11-12-15-13(2)14;;/h1,3-12H2,2H3;1H;/q-1;;+2/p-1. The van der Waals surface area contributed by atoms with Crippen molar-refractivity contribution < 1.29 is 25.9 Å². The van der Waals surface area contributed by atoms with E-state index in [-0.39, 0.29) is 5.97 Å². The Labute approximate surface area is 123 Å². The molecule has 0 aliphatic carbocycles. The zero-order chi connectivity index (χ0) is 13.4. The van der Waals surface area contributed by atoms with Crippen LogP contribution in [0.1, 0.15) is 64.7 Å². The first-order chi connectivity index (χ1) is 8.27. The van der Waals surface area contributed by atoms with E-state index in [4.69, 9.17) is 4.74 Å². The van der Waals surface area contributed by atoms with Crippen molar-refractivity contribution in [2.24, 2.45) is 0 Å². The second kappa shape index (κ2) is 18.9. The number of esters is 1. The molecule has 0 aromatic heterocycles. The Bertz CT molecular complexity index is 154. The molecule has 0 atom stereocenters. The predicted molar refractivity (Wildman–Crippen MR) is 72.5 cm³/mol. The van der Waals surface area contributed by atoms with Crippen LogP contribution in [0.5, 0.6) is 0 Å². The molecule has 0 radical (unpaired) electrons. The number of rotatable bonds is 10. The predicted octanol–water partition coefficient (Wildman–Crippen LogP) is 4.74. The van der Waals surface area contributed by atoms with E-state index in [0.29, 0.717) is 6.61 Å². The second-order valence-corrected chi connectivity index (χ2v) is 4.02. The van der Waals surface area contributed by atoms with Gasteiger partial charge < -0.3 is 11.7 Å². The molecule has 98 valence electrons. The van der Waals surface area contributed by atoms with Crippen LogP contribution in [0.3, 0.4) is 0 Å². The van der Waals surface area contributed by atoms with Crippen LogP contribution in [0.25, 0.3) is 0 Å². The molecule has 17 heavy (non-hydrogen) atoms. The molecule has 0 amide bonds. The van der Waals surface area contributed by atoms with E-state index in [1.165, 1.54) is 68.2 Å². The fourth-order valence-electron chi connectivity index (χ4n) is 1.56. The first kappa shape index (κ1) is 19.9. The van der Waals surface area contributed by atoms with Gasteiger partial charge in [-0.15, -0.1) is 0 Å². The molecule has 0 bridgehead atoms. The summed E-state index contributed by atoms with van der Waals surface area (Å²) in [7, 11) is 0. The van der Waals surface area contributed by atoms with Gasteiger partial charge >= 0.3 is 35.9 Å². The summed E-state index contributed by atoms with van der Waals surface area (Å²) in [6.07, 6.45) is 11.1. The van der Waals surface area contributed by atoms with Gasteiger partial charge in [-0.05, 0) is 6.42 Å². The minimum atomic E-state index is -0.164. The Morgan fingerprint density at radius 3 is 1.82 bits per heavy atom. The number of halogens is 1. The van der Waals surface area contributed by atoms with E-state index in [1.807, 2.05) is 0 Å². The zero-order valence-electron chi connectivity index (χ0n) is 11.2. The summed E-state index contributed by atoms with van der Waals surface area (Å²) in [6, 6.07) is 0. The van der Waals surface area contributed by atoms with E-state index in [0.717, 1.165) is 12.8 Å². The summed E-state index contributed by atoms with van der Waals surface area (Å²) in [5, 5.41) is 0. The van der Waals surface area contributed by atoms with E-state index in [2.05, 4.69) is 20.5 Å². The monoisotopic (exact) mass is 356 g/mol. The number of unbranched alkanes of at least 4 members (excludes halogenated alkanes) is 8. The molecule has 0 saturated heterocycles. The molecule has 0 saturated carbocycles. The third kappa shape index (κ3) is 22.3. The quantitative estimate of drug-likeness (QED) is 0.244. The average Bonchev–Trinajstić information content (AvgIpc) is 2.34. The number of hydrogen-bond donors (Lipinski definition) is 0. The van der Waals surface area contributed by atoms with Crippen LogP contribution in [-0.4, -0.2) is 12.6 Å². The summed E-state index contributed by atoms with van der Waals surface area (Å²) in [5.41, 5.74) is 0. The Morgan fingerprint density at radius 1 is 1.00 bits per heavy atom. The number of carbonyl (C=O) groups is 1. The van der Waals surface area contributed by atoms with Gasteiger partial charge in [-0.1, -0.05) is 44.9 Å². The topological polar surface area (TPSA) is 26.3 Å². The molecule has 0 heterocycles. The molecule has 0 aliphatic heterocycles. The normalized spacial score (nSPS) is 9.47. The van der Waals surface area contributed by atoms with Gasteiger partial charge in [-0.2, -0.15) is 6.42 Å². The Balaban J connectivity index is 0. The molecule has 0 spiro atoms. The number of hydrogen-bond acceptors (Lipinski definition) is 2. The second-order valence-electron chi connectivity index (χ2n) is 4.02. The van der Waals surface area contributed by atoms with Gasteiger partial charge in [0, 0.05) is 6.92 Å². The third-order valence-electron chi connectivity index (χ3n) is 2.45. The van der Waals surface area contributed by atoms with Gasteiger partial charge in [0.1, 0.15) is 0 Å². The van der Waals surface area contributed by atoms with Crippen molar-refractivity contribution in [3.8, 4) is 0 Å². The SMILES string of the molecule is [CH2-]CCCCCCCCCCOC(C)=O.[Zn+][Br]. The van der Waals surface area contributed by atoms with Crippen LogP contribution in [0.2, 0.25) is 0 Å². The molecule has 2 nitrogen and oxygen atoms in total. The minimum absolute atomic E-state index is 0.164. The molecule has 0 aromatic rings. The van der Waals surface area contributed by atoms with E-state index < -0.39 is 0 Å².